The van der Waals surface area contributed by atoms with E-state index in [9.17, 15) is 14.9 Å². The van der Waals surface area contributed by atoms with Crippen molar-refractivity contribution >= 4 is 11.7 Å². The number of benzene rings is 2. The molecule has 0 aliphatic heterocycles. The van der Waals surface area contributed by atoms with Gasteiger partial charge >= 0.3 is 5.97 Å². The monoisotopic (exact) mass is 301 g/mol. The maximum Gasteiger partial charge on any atom is 0.349 e. The summed E-state index contributed by atoms with van der Waals surface area (Å²) >= 11 is 0. The van der Waals surface area contributed by atoms with Gasteiger partial charge in [0.05, 0.1) is 11.0 Å². The second-order valence-corrected chi connectivity index (χ2v) is 4.76. The van der Waals surface area contributed by atoms with Crippen molar-refractivity contribution in [2.24, 2.45) is 0 Å². The molecule has 0 aromatic heterocycles. The Labute approximate surface area is 127 Å². The SMILES string of the molecule is Cc1ccc(OCC(=O)Oc2cccc([N+](=O)[O-])c2)cc1C. The van der Waals surface area contributed by atoms with Crippen molar-refractivity contribution in [2.75, 3.05) is 6.61 Å². The van der Waals surface area contributed by atoms with Gasteiger partial charge in [-0.25, -0.2) is 4.79 Å². The van der Waals surface area contributed by atoms with Crippen molar-refractivity contribution in [1.29, 1.82) is 0 Å². The van der Waals surface area contributed by atoms with Crippen LogP contribution in [0.5, 0.6) is 11.5 Å². The van der Waals surface area contributed by atoms with Crippen LogP contribution < -0.4 is 9.47 Å². The molecule has 6 heteroatoms. The molecular weight excluding hydrogens is 286 g/mol. The summed E-state index contributed by atoms with van der Waals surface area (Å²) in [5.74, 6) is 0.0562. The fourth-order valence-corrected chi connectivity index (χ4v) is 1.77. The molecule has 0 aliphatic carbocycles. The number of carbonyl (C=O) groups excluding carboxylic acids is 1. The van der Waals surface area contributed by atoms with E-state index < -0.39 is 10.9 Å². The zero-order valence-corrected chi connectivity index (χ0v) is 12.2. The topological polar surface area (TPSA) is 78.7 Å². The first-order valence-electron chi connectivity index (χ1n) is 6.61. The van der Waals surface area contributed by atoms with Crippen molar-refractivity contribution in [3.8, 4) is 11.5 Å². The summed E-state index contributed by atoms with van der Waals surface area (Å²) in [4.78, 5) is 21.8. The first kappa shape index (κ1) is 15.5. The molecule has 0 heterocycles. The van der Waals surface area contributed by atoms with E-state index in [-0.39, 0.29) is 18.0 Å². The first-order chi connectivity index (χ1) is 10.5. The largest absolute Gasteiger partial charge is 0.482 e. The summed E-state index contributed by atoms with van der Waals surface area (Å²) in [5, 5.41) is 10.6. The average Bonchev–Trinajstić information content (AvgIpc) is 2.49. The standard InChI is InChI=1S/C16H15NO5/c1-11-6-7-14(8-12(11)2)21-10-16(18)22-15-5-3-4-13(9-15)17(19)20/h3-9H,10H2,1-2H3. The number of nitrogens with zero attached hydrogens (tertiary/aromatic N) is 1. The lowest BCUT2D eigenvalue weighted by atomic mass is 10.1. The van der Waals surface area contributed by atoms with E-state index in [1.54, 1.807) is 6.07 Å². The quantitative estimate of drug-likeness (QED) is 0.367. The highest BCUT2D eigenvalue weighted by molar-refractivity contribution is 5.74. The van der Waals surface area contributed by atoms with Gasteiger partial charge in [-0.15, -0.1) is 0 Å². The molecule has 0 aliphatic rings. The molecule has 114 valence electrons. The highest BCUT2D eigenvalue weighted by Crippen LogP contribution is 2.20. The number of nitro benzene ring substituents is 1. The number of hydrogen-bond acceptors (Lipinski definition) is 5. The summed E-state index contributed by atoms with van der Waals surface area (Å²) in [6.07, 6.45) is 0. The number of carbonyl (C=O) groups is 1. The van der Waals surface area contributed by atoms with E-state index in [0.29, 0.717) is 5.75 Å². The van der Waals surface area contributed by atoms with Crippen LogP contribution in [0.4, 0.5) is 5.69 Å². The normalized spacial score (nSPS) is 10.1. The van der Waals surface area contributed by atoms with Gasteiger partial charge in [0, 0.05) is 6.07 Å². The van der Waals surface area contributed by atoms with Gasteiger partial charge in [0.2, 0.25) is 0 Å². The molecule has 2 rings (SSSR count). The van der Waals surface area contributed by atoms with Crippen LogP contribution >= 0.6 is 0 Å². The number of esters is 1. The Bertz CT molecular complexity index is 711. The maximum absolute atomic E-state index is 11.7. The Morgan fingerprint density at radius 1 is 1.09 bits per heavy atom. The molecule has 0 spiro atoms. The van der Waals surface area contributed by atoms with Crippen LogP contribution in [-0.4, -0.2) is 17.5 Å². The number of nitro groups is 1. The van der Waals surface area contributed by atoms with Crippen molar-refractivity contribution in [2.45, 2.75) is 13.8 Å². The van der Waals surface area contributed by atoms with Crippen LogP contribution in [-0.2, 0) is 4.79 Å². The Balaban J connectivity index is 1.94. The Morgan fingerprint density at radius 3 is 2.55 bits per heavy atom. The Hall–Kier alpha value is -2.89. The number of non-ortho nitro benzene ring substituents is 1. The van der Waals surface area contributed by atoms with Crippen LogP contribution in [0.2, 0.25) is 0 Å². The Kier molecular flexibility index (Phi) is 4.73. The van der Waals surface area contributed by atoms with Gasteiger partial charge < -0.3 is 9.47 Å². The summed E-state index contributed by atoms with van der Waals surface area (Å²) in [7, 11) is 0. The van der Waals surface area contributed by atoms with Crippen molar-refractivity contribution < 1.29 is 19.2 Å². The minimum Gasteiger partial charge on any atom is -0.482 e. The second-order valence-electron chi connectivity index (χ2n) is 4.76. The molecule has 0 N–H and O–H groups in total. The predicted molar refractivity (Wildman–Crippen MR) is 80.1 cm³/mol. The predicted octanol–water partition coefficient (Wildman–Crippen LogP) is 3.20. The molecule has 0 radical (unpaired) electrons. The molecule has 0 atom stereocenters. The average molecular weight is 301 g/mol. The number of ether oxygens (including phenoxy) is 2. The number of aryl methyl sites for hydroxylation is 2. The molecule has 0 bridgehead atoms. The van der Waals surface area contributed by atoms with Gasteiger partial charge in [-0.2, -0.15) is 0 Å². The first-order valence-corrected chi connectivity index (χ1v) is 6.61. The van der Waals surface area contributed by atoms with Crippen molar-refractivity contribution in [1.82, 2.24) is 0 Å². The van der Waals surface area contributed by atoms with Crippen LogP contribution in [0.1, 0.15) is 11.1 Å². The summed E-state index contributed by atoms with van der Waals surface area (Å²) in [6, 6.07) is 10.9. The number of rotatable bonds is 5. The lowest BCUT2D eigenvalue weighted by Crippen LogP contribution is -2.17. The van der Waals surface area contributed by atoms with E-state index in [1.165, 1.54) is 24.3 Å². The van der Waals surface area contributed by atoms with Gasteiger partial charge in [-0.3, -0.25) is 10.1 Å². The lowest BCUT2D eigenvalue weighted by Gasteiger charge is -2.08. The van der Waals surface area contributed by atoms with Crippen LogP contribution in [0.15, 0.2) is 42.5 Å². The maximum atomic E-state index is 11.7. The molecule has 2 aromatic rings. The van der Waals surface area contributed by atoms with Crippen molar-refractivity contribution in [3.63, 3.8) is 0 Å². The van der Waals surface area contributed by atoms with Crippen LogP contribution in [0.25, 0.3) is 0 Å². The fraction of sp³-hybridized carbons (Fsp3) is 0.188. The number of hydrogen-bond donors (Lipinski definition) is 0. The summed E-state index contributed by atoms with van der Waals surface area (Å²) in [6.45, 7) is 3.66. The highest BCUT2D eigenvalue weighted by Gasteiger charge is 2.10. The molecule has 0 unspecified atom stereocenters. The zero-order valence-electron chi connectivity index (χ0n) is 12.2. The molecule has 0 amide bonds. The van der Waals surface area contributed by atoms with Gasteiger partial charge in [0.15, 0.2) is 6.61 Å². The van der Waals surface area contributed by atoms with Gasteiger partial charge in [0.1, 0.15) is 11.5 Å². The minimum atomic E-state index is -0.626. The van der Waals surface area contributed by atoms with E-state index in [1.807, 2.05) is 26.0 Å². The smallest absolute Gasteiger partial charge is 0.349 e. The highest BCUT2D eigenvalue weighted by atomic mass is 16.6. The van der Waals surface area contributed by atoms with E-state index in [2.05, 4.69) is 0 Å². The molecule has 2 aromatic carbocycles. The molecular formula is C16H15NO5. The third-order valence-corrected chi connectivity index (χ3v) is 3.10. The summed E-state index contributed by atoms with van der Waals surface area (Å²) in [5.41, 5.74) is 2.05. The van der Waals surface area contributed by atoms with Crippen LogP contribution in [0, 0.1) is 24.0 Å². The Morgan fingerprint density at radius 2 is 1.86 bits per heavy atom. The van der Waals surface area contributed by atoms with E-state index in [4.69, 9.17) is 9.47 Å². The molecule has 0 saturated carbocycles. The lowest BCUT2D eigenvalue weighted by molar-refractivity contribution is -0.384. The molecule has 22 heavy (non-hydrogen) atoms. The van der Waals surface area contributed by atoms with Gasteiger partial charge in [-0.05, 0) is 43.2 Å². The fourth-order valence-electron chi connectivity index (χ4n) is 1.77. The van der Waals surface area contributed by atoms with Gasteiger partial charge in [-0.1, -0.05) is 12.1 Å². The summed E-state index contributed by atoms with van der Waals surface area (Å²) < 4.78 is 10.4. The van der Waals surface area contributed by atoms with Crippen LogP contribution in [0.3, 0.4) is 0 Å². The van der Waals surface area contributed by atoms with E-state index in [0.717, 1.165) is 11.1 Å². The zero-order chi connectivity index (χ0) is 16.1. The molecule has 6 nitrogen and oxygen atoms in total. The molecule has 0 fully saturated rings. The third kappa shape index (κ3) is 4.05. The third-order valence-electron chi connectivity index (χ3n) is 3.10. The molecule has 0 saturated heterocycles. The van der Waals surface area contributed by atoms with Gasteiger partial charge in [0.25, 0.3) is 5.69 Å². The minimum absolute atomic E-state index is 0.114. The second kappa shape index (κ2) is 6.71. The van der Waals surface area contributed by atoms with Crippen molar-refractivity contribution in [3.05, 3.63) is 63.7 Å². The van der Waals surface area contributed by atoms with E-state index >= 15 is 0 Å².